The normalized spacial score (nSPS) is 15.6. The summed E-state index contributed by atoms with van der Waals surface area (Å²) in [6.45, 7) is 6.64. The molecule has 1 aliphatic heterocycles. The highest BCUT2D eigenvalue weighted by atomic mass is 16.5. The summed E-state index contributed by atoms with van der Waals surface area (Å²) in [5, 5.41) is 6.86. The molecule has 122 valence electrons. The van der Waals surface area contributed by atoms with Crippen molar-refractivity contribution in [2.45, 2.75) is 6.92 Å². The molecule has 2 aromatic rings. The number of para-hydroxylation sites is 1. The Balaban J connectivity index is 1.41. The number of benzene rings is 1. The highest BCUT2D eigenvalue weighted by Gasteiger charge is 2.23. The number of rotatable bonds is 5. The minimum atomic E-state index is 0.00883. The van der Waals surface area contributed by atoms with E-state index in [1.54, 1.807) is 6.07 Å². The number of hydrogen-bond acceptors (Lipinski definition) is 4. The maximum atomic E-state index is 12.3. The van der Waals surface area contributed by atoms with Crippen molar-refractivity contribution in [3.63, 3.8) is 0 Å². The standard InChI is InChI=1S/C17H22N4O2/c1-14-13-16(19-18-14)17(22)21-9-7-20(8-10-21)11-12-23-15-5-3-2-4-6-15/h2-6,13H,7-12H2,1H3,(H,18,19). The Kier molecular flexibility index (Phi) is 4.92. The zero-order valence-electron chi connectivity index (χ0n) is 13.4. The molecule has 1 saturated heterocycles. The van der Waals surface area contributed by atoms with Gasteiger partial charge in [0.15, 0.2) is 0 Å². The second-order valence-corrected chi connectivity index (χ2v) is 5.73. The summed E-state index contributed by atoms with van der Waals surface area (Å²) in [6, 6.07) is 11.6. The number of aromatic nitrogens is 2. The molecular formula is C17H22N4O2. The van der Waals surface area contributed by atoms with Crippen LogP contribution < -0.4 is 4.74 Å². The maximum absolute atomic E-state index is 12.3. The molecule has 23 heavy (non-hydrogen) atoms. The molecule has 1 amide bonds. The van der Waals surface area contributed by atoms with E-state index in [1.807, 2.05) is 42.2 Å². The first kappa shape index (κ1) is 15.6. The third kappa shape index (κ3) is 4.10. The van der Waals surface area contributed by atoms with Crippen LogP contribution in [0.4, 0.5) is 0 Å². The lowest BCUT2D eigenvalue weighted by molar-refractivity contribution is 0.0614. The molecule has 0 bridgehead atoms. The molecule has 1 aromatic carbocycles. The van der Waals surface area contributed by atoms with Gasteiger partial charge in [0.1, 0.15) is 18.1 Å². The predicted molar refractivity (Wildman–Crippen MR) is 87.6 cm³/mol. The predicted octanol–water partition coefficient (Wildman–Crippen LogP) is 1.55. The first-order valence-corrected chi connectivity index (χ1v) is 7.94. The number of nitrogens with zero attached hydrogens (tertiary/aromatic N) is 3. The van der Waals surface area contributed by atoms with Crippen LogP contribution in [0.2, 0.25) is 0 Å². The highest BCUT2D eigenvalue weighted by Crippen LogP contribution is 2.10. The third-order valence-electron chi connectivity index (χ3n) is 4.00. The maximum Gasteiger partial charge on any atom is 0.274 e. The van der Waals surface area contributed by atoms with Gasteiger partial charge in [-0.25, -0.2) is 0 Å². The van der Waals surface area contributed by atoms with Crippen LogP contribution >= 0.6 is 0 Å². The minimum Gasteiger partial charge on any atom is -0.492 e. The van der Waals surface area contributed by atoms with E-state index in [9.17, 15) is 4.79 Å². The Hall–Kier alpha value is -2.34. The second-order valence-electron chi connectivity index (χ2n) is 5.73. The van der Waals surface area contributed by atoms with E-state index >= 15 is 0 Å². The van der Waals surface area contributed by atoms with E-state index in [1.165, 1.54) is 0 Å². The van der Waals surface area contributed by atoms with Crippen LogP contribution in [0, 0.1) is 6.92 Å². The number of aromatic amines is 1. The summed E-state index contributed by atoms with van der Waals surface area (Å²) in [5.41, 5.74) is 1.41. The number of H-pyrrole nitrogens is 1. The van der Waals surface area contributed by atoms with E-state index in [4.69, 9.17) is 4.74 Å². The van der Waals surface area contributed by atoms with Crippen LogP contribution in [-0.2, 0) is 0 Å². The van der Waals surface area contributed by atoms with E-state index in [0.717, 1.165) is 44.2 Å². The first-order chi connectivity index (χ1) is 11.2. The number of carbonyl (C=O) groups is 1. The average molecular weight is 314 g/mol. The van der Waals surface area contributed by atoms with Gasteiger partial charge in [-0.15, -0.1) is 0 Å². The van der Waals surface area contributed by atoms with Crippen molar-refractivity contribution in [2.24, 2.45) is 0 Å². The summed E-state index contributed by atoms with van der Waals surface area (Å²) in [7, 11) is 0. The lowest BCUT2D eigenvalue weighted by atomic mass is 10.2. The minimum absolute atomic E-state index is 0.00883. The molecule has 2 heterocycles. The quantitative estimate of drug-likeness (QED) is 0.910. The lowest BCUT2D eigenvalue weighted by Crippen LogP contribution is -2.49. The molecule has 0 unspecified atom stereocenters. The molecule has 1 aliphatic rings. The number of amides is 1. The van der Waals surface area contributed by atoms with Gasteiger partial charge in [-0.2, -0.15) is 5.10 Å². The number of aryl methyl sites for hydroxylation is 1. The second kappa shape index (κ2) is 7.28. The van der Waals surface area contributed by atoms with Gasteiger partial charge >= 0.3 is 0 Å². The Bertz CT molecular complexity index is 633. The van der Waals surface area contributed by atoms with E-state index in [-0.39, 0.29) is 5.91 Å². The van der Waals surface area contributed by atoms with Gasteiger partial charge in [0.25, 0.3) is 5.91 Å². The molecule has 0 aliphatic carbocycles. The SMILES string of the molecule is Cc1cc(C(=O)N2CCN(CCOc3ccccc3)CC2)n[nH]1. The van der Waals surface area contributed by atoms with Crippen molar-refractivity contribution in [3.05, 3.63) is 47.8 Å². The fourth-order valence-corrected chi connectivity index (χ4v) is 2.67. The first-order valence-electron chi connectivity index (χ1n) is 7.94. The average Bonchev–Trinajstić information content (AvgIpc) is 3.02. The largest absolute Gasteiger partial charge is 0.492 e. The fourth-order valence-electron chi connectivity index (χ4n) is 2.67. The summed E-state index contributed by atoms with van der Waals surface area (Å²) in [5.74, 6) is 0.907. The Labute approximate surface area is 136 Å². The van der Waals surface area contributed by atoms with Crippen LogP contribution in [0.3, 0.4) is 0 Å². The van der Waals surface area contributed by atoms with E-state index < -0.39 is 0 Å². The van der Waals surface area contributed by atoms with Crippen molar-refractivity contribution < 1.29 is 9.53 Å². The van der Waals surface area contributed by atoms with E-state index in [0.29, 0.717) is 12.3 Å². The number of nitrogens with one attached hydrogen (secondary N) is 1. The molecule has 0 radical (unpaired) electrons. The fraction of sp³-hybridized carbons (Fsp3) is 0.412. The molecule has 3 rings (SSSR count). The molecule has 0 atom stereocenters. The number of ether oxygens (including phenoxy) is 1. The molecular weight excluding hydrogens is 292 g/mol. The molecule has 0 spiro atoms. The van der Waals surface area contributed by atoms with Crippen LogP contribution in [0.25, 0.3) is 0 Å². The zero-order chi connectivity index (χ0) is 16.1. The molecule has 1 aromatic heterocycles. The van der Waals surface area contributed by atoms with Gasteiger partial charge in [0.2, 0.25) is 0 Å². The van der Waals surface area contributed by atoms with Crippen molar-refractivity contribution in [1.29, 1.82) is 0 Å². The van der Waals surface area contributed by atoms with Crippen LogP contribution in [0.15, 0.2) is 36.4 Å². The summed E-state index contributed by atoms with van der Waals surface area (Å²) >= 11 is 0. The van der Waals surface area contributed by atoms with Gasteiger partial charge in [-0.05, 0) is 25.1 Å². The van der Waals surface area contributed by atoms with Gasteiger partial charge < -0.3 is 9.64 Å². The van der Waals surface area contributed by atoms with Gasteiger partial charge in [0.05, 0.1) is 0 Å². The molecule has 1 fully saturated rings. The van der Waals surface area contributed by atoms with Gasteiger partial charge in [-0.3, -0.25) is 14.8 Å². The van der Waals surface area contributed by atoms with Gasteiger partial charge in [-0.1, -0.05) is 18.2 Å². The van der Waals surface area contributed by atoms with Crippen molar-refractivity contribution in [1.82, 2.24) is 20.0 Å². The van der Waals surface area contributed by atoms with Gasteiger partial charge in [0, 0.05) is 38.4 Å². The monoisotopic (exact) mass is 314 g/mol. The molecule has 6 heteroatoms. The lowest BCUT2D eigenvalue weighted by Gasteiger charge is -2.34. The smallest absolute Gasteiger partial charge is 0.274 e. The topological polar surface area (TPSA) is 61.5 Å². The van der Waals surface area contributed by atoms with Crippen molar-refractivity contribution in [2.75, 3.05) is 39.3 Å². The number of carbonyl (C=O) groups excluding carboxylic acids is 1. The number of hydrogen-bond donors (Lipinski definition) is 1. The third-order valence-corrected chi connectivity index (χ3v) is 4.00. The highest BCUT2D eigenvalue weighted by molar-refractivity contribution is 5.92. The van der Waals surface area contributed by atoms with Crippen LogP contribution in [-0.4, -0.2) is 65.2 Å². The Morgan fingerprint density at radius 3 is 2.61 bits per heavy atom. The summed E-state index contributed by atoms with van der Waals surface area (Å²) < 4.78 is 5.72. The molecule has 1 N–H and O–H groups in total. The summed E-state index contributed by atoms with van der Waals surface area (Å²) in [4.78, 5) is 16.5. The van der Waals surface area contributed by atoms with Crippen molar-refractivity contribution >= 4 is 5.91 Å². The number of piperazine rings is 1. The molecule has 6 nitrogen and oxygen atoms in total. The Morgan fingerprint density at radius 1 is 1.22 bits per heavy atom. The van der Waals surface area contributed by atoms with Crippen LogP contribution in [0.5, 0.6) is 5.75 Å². The Morgan fingerprint density at radius 2 is 1.96 bits per heavy atom. The summed E-state index contributed by atoms with van der Waals surface area (Å²) in [6.07, 6.45) is 0. The molecule has 0 saturated carbocycles. The zero-order valence-corrected chi connectivity index (χ0v) is 13.4. The van der Waals surface area contributed by atoms with Crippen molar-refractivity contribution in [3.8, 4) is 5.75 Å². The van der Waals surface area contributed by atoms with Crippen LogP contribution in [0.1, 0.15) is 16.2 Å². The van der Waals surface area contributed by atoms with E-state index in [2.05, 4.69) is 15.1 Å².